The second-order valence-electron chi connectivity index (χ2n) is 5.81. The first-order valence-electron chi connectivity index (χ1n) is 7.48. The maximum Gasteiger partial charge on any atom is 0.287 e. The molecule has 3 nitrogen and oxygen atoms in total. The Hall–Kier alpha value is -2.62. The number of benzene rings is 2. The summed E-state index contributed by atoms with van der Waals surface area (Å²) in [6.45, 7) is 5.99. The topological polar surface area (TPSA) is 42.2 Å². The molecule has 3 aromatic rings. The van der Waals surface area contributed by atoms with Gasteiger partial charge in [-0.15, -0.1) is 0 Å². The fourth-order valence-electron chi connectivity index (χ4n) is 2.64. The van der Waals surface area contributed by atoms with E-state index in [0.717, 1.165) is 27.6 Å². The van der Waals surface area contributed by atoms with Gasteiger partial charge in [-0.1, -0.05) is 18.2 Å². The van der Waals surface area contributed by atoms with Crippen LogP contribution in [0.1, 0.15) is 32.8 Å². The molecule has 0 bridgehead atoms. The van der Waals surface area contributed by atoms with Gasteiger partial charge in [0, 0.05) is 17.5 Å². The van der Waals surface area contributed by atoms with Crippen LogP contribution >= 0.6 is 0 Å². The highest BCUT2D eigenvalue weighted by atomic mass is 19.1. The lowest BCUT2D eigenvalue weighted by Gasteiger charge is -2.07. The van der Waals surface area contributed by atoms with Crippen LogP contribution in [0.3, 0.4) is 0 Å². The average molecular weight is 311 g/mol. The van der Waals surface area contributed by atoms with E-state index in [-0.39, 0.29) is 18.3 Å². The van der Waals surface area contributed by atoms with E-state index in [2.05, 4.69) is 5.32 Å². The lowest BCUT2D eigenvalue weighted by molar-refractivity contribution is 0.0924. The van der Waals surface area contributed by atoms with E-state index < -0.39 is 0 Å². The van der Waals surface area contributed by atoms with Gasteiger partial charge in [0.1, 0.15) is 11.4 Å². The van der Waals surface area contributed by atoms with Gasteiger partial charge in [0.25, 0.3) is 5.91 Å². The van der Waals surface area contributed by atoms with Gasteiger partial charge in [0.05, 0.1) is 0 Å². The van der Waals surface area contributed by atoms with Gasteiger partial charge in [-0.2, -0.15) is 0 Å². The molecule has 118 valence electrons. The van der Waals surface area contributed by atoms with Crippen molar-refractivity contribution < 1.29 is 13.6 Å². The molecule has 4 heteroatoms. The first-order valence-corrected chi connectivity index (χ1v) is 7.48. The van der Waals surface area contributed by atoms with Crippen molar-refractivity contribution in [2.45, 2.75) is 27.3 Å². The zero-order valence-corrected chi connectivity index (χ0v) is 13.4. The summed E-state index contributed by atoms with van der Waals surface area (Å²) >= 11 is 0. The zero-order chi connectivity index (χ0) is 16.6. The Morgan fingerprint density at radius 1 is 1.13 bits per heavy atom. The van der Waals surface area contributed by atoms with Crippen LogP contribution in [0.15, 0.2) is 40.8 Å². The number of fused-ring (bicyclic) bond motifs is 1. The second kappa shape index (κ2) is 5.88. The number of carbonyl (C=O) groups excluding carboxylic acids is 1. The third kappa shape index (κ3) is 2.97. The molecule has 0 fully saturated rings. The summed E-state index contributed by atoms with van der Waals surface area (Å²) < 4.78 is 19.0. The molecule has 0 saturated carbocycles. The molecule has 3 rings (SSSR count). The maximum atomic E-state index is 13.3. The van der Waals surface area contributed by atoms with E-state index >= 15 is 0 Å². The van der Waals surface area contributed by atoms with Crippen molar-refractivity contribution in [3.8, 4) is 0 Å². The molecule has 0 unspecified atom stereocenters. The molecular weight excluding hydrogens is 293 g/mol. The molecule has 0 saturated heterocycles. The van der Waals surface area contributed by atoms with E-state index in [1.807, 2.05) is 39.0 Å². The van der Waals surface area contributed by atoms with Crippen LogP contribution in [0.4, 0.5) is 4.39 Å². The van der Waals surface area contributed by atoms with Crippen LogP contribution in [-0.2, 0) is 6.54 Å². The lowest BCUT2D eigenvalue weighted by atomic mass is 10.1. The largest absolute Gasteiger partial charge is 0.451 e. The number of amides is 1. The van der Waals surface area contributed by atoms with Crippen molar-refractivity contribution in [3.63, 3.8) is 0 Å². The van der Waals surface area contributed by atoms with Crippen LogP contribution in [-0.4, -0.2) is 5.91 Å². The van der Waals surface area contributed by atoms with Crippen molar-refractivity contribution in [2.24, 2.45) is 0 Å². The Balaban J connectivity index is 1.83. The highest BCUT2D eigenvalue weighted by Crippen LogP contribution is 2.26. The molecule has 0 aliphatic carbocycles. The molecule has 0 spiro atoms. The standard InChI is InChI=1S/C19H18FNO2/c1-11-4-7-16-13(3)18(23-17(16)8-11)19(22)21-10-14-9-15(20)6-5-12(14)2/h4-9H,10H2,1-3H3,(H,21,22). The smallest absolute Gasteiger partial charge is 0.287 e. The maximum absolute atomic E-state index is 13.3. The average Bonchev–Trinajstić information content (AvgIpc) is 2.84. The highest BCUT2D eigenvalue weighted by Gasteiger charge is 2.17. The first kappa shape index (κ1) is 15.3. The van der Waals surface area contributed by atoms with Crippen molar-refractivity contribution >= 4 is 16.9 Å². The number of carbonyl (C=O) groups is 1. The summed E-state index contributed by atoms with van der Waals surface area (Å²) in [5.74, 6) is -0.296. The Morgan fingerprint density at radius 3 is 2.70 bits per heavy atom. The molecule has 0 aliphatic rings. The van der Waals surface area contributed by atoms with Gasteiger partial charge in [-0.3, -0.25) is 4.79 Å². The van der Waals surface area contributed by atoms with E-state index in [9.17, 15) is 9.18 Å². The first-order chi connectivity index (χ1) is 11.0. The molecule has 1 heterocycles. The van der Waals surface area contributed by atoms with Crippen molar-refractivity contribution in [1.82, 2.24) is 5.32 Å². The van der Waals surface area contributed by atoms with Gasteiger partial charge in [0.15, 0.2) is 5.76 Å². The molecule has 0 atom stereocenters. The van der Waals surface area contributed by atoms with Crippen LogP contribution in [0, 0.1) is 26.6 Å². The zero-order valence-electron chi connectivity index (χ0n) is 13.4. The fourth-order valence-corrected chi connectivity index (χ4v) is 2.64. The quantitative estimate of drug-likeness (QED) is 0.777. The summed E-state index contributed by atoms with van der Waals surface area (Å²) in [4.78, 5) is 12.4. The molecular formula is C19H18FNO2. The molecule has 1 aromatic heterocycles. The number of rotatable bonds is 3. The summed E-state index contributed by atoms with van der Waals surface area (Å²) in [5, 5.41) is 3.73. The van der Waals surface area contributed by atoms with E-state index in [1.165, 1.54) is 12.1 Å². The third-order valence-electron chi connectivity index (χ3n) is 4.05. The van der Waals surface area contributed by atoms with Gasteiger partial charge >= 0.3 is 0 Å². The number of hydrogen-bond acceptors (Lipinski definition) is 2. The fraction of sp³-hybridized carbons (Fsp3) is 0.211. The molecule has 23 heavy (non-hydrogen) atoms. The Labute approximate surface area is 134 Å². The van der Waals surface area contributed by atoms with E-state index in [0.29, 0.717) is 11.3 Å². The number of aryl methyl sites for hydroxylation is 3. The Morgan fingerprint density at radius 2 is 1.91 bits per heavy atom. The normalized spacial score (nSPS) is 11.0. The minimum absolute atomic E-state index is 0.262. The van der Waals surface area contributed by atoms with E-state index in [4.69, 9.17) is 4.42 Å². The van der Waals surface area contributed by atoms with Gasteiger partial charge in [-0.25, -0.2) is 4.39 Å². The Bertz CT molecular complexity index is 896. The minimum atomic E-state index is -0.310. The van der Waals surface area contributed by atoms with Crippen LogP contribution < -0.4 is 5.32 Å². The van der Waals surface area contributed by atoms with Crippen LogP contribution in [0.25, 0.3) is 11.0 Å². The molecule has 1 N–H and O–H groups in total. The molecule has 1 amide bonds. The highest BCUT2D eigenvalue weighted by molar-refractivity contribution is 5.99. The minimum Gasteiger partial charge on any atom is -0.451 e. The number of furan rings is 1. The molecule has 2 aromatic carbocycles. The van der Waals surface area contributed by atoms with Crippen LogP contribution in [0.2, 0.25) is 0 Å². The monoisotopic (exact) mass is 311 g/mol. The van der Waals surface area contributed by atoms with Crippen molar-refractivity contribution in [3.05, 3.63) is 70.2 Å². The predicted molar refractivity (Wildman–Crippen MR) is 88.0 cm³/mol. The summed E-state index contributed by atoms with van der Waals surface area (Å²) in [6, 6.07) is 10.4. The Kier molecular flexibility index (Phi) is 3.90. The van der Waals surface area contributed by atoms with Crippen molar-refractivity contribution in [2.75, 3.05) is 0 Å². The molecule has 0 aliphatic heterocycles. The summed E-state index contributed by atoms with van der Waals surface area (Å²) in [5.41, 5.74) is 4.28. The van der Waals surface area contributed by atoms with E-state index in [1.54, 1.807) is 6.07 Å². The predicted octanol–water partition coefficient (Wildman–Crippen LogP) is 4.43. The van der Waals surface area contributed by atoms with Crippen LogP contribution in [0.5, 0.6) is 0 Å². The number of hydrogen-bond donors (Lipinski definition) is 1. The molecule has 0 radical (unpaired) electrons. The van der Waals surface area contributed by atoms with Gasteiger partial charge in [-0.05, 0) is 55.7 Å². The SMILES string of the molecule is Cc1ccc2c(C)c(C(=O)NCc3cc(F)ccc3C)oc2c1. The second-order valence-corrected chi connectivity index (χ2v) is 5.81. The number of halogens is 1. The van der Waals surface area contributed by atoms with Gasteiger partial charge in [0.2, 0.25) is 0 Å². The number of nitrogens with one attached hydrogen (secondary N) is 1. The summed E-state index contributed by atoms with van der Waals surface area (Å²) in [6.07, 6.45) is 0. The van der Waals surface area contributed by atoms with Gasteiger partial charge < -0.3 is 9.73 Å². The van der Waals surface area contributed by atoms with Crippen molar-refractivity contribution in [1.29, 1.82) is 0 Å². The third-order valence-corrected chi connectivity index (χ3v) is 4.05. The summed E-state index contributed by atoms with van der Waals surface area (Å²) in [7, 11) is 0. The lowest BCUT2D eigenvalue weighted by Crippen LogP contribution is -2.23.